The van der Waals surface area contributed by atoms with Crippen molar-refractivity contribution in [2.45, 2.75) is 25.9 Å². The van der Waals surface area contributed by atoms with Gasteiger partial charge in [0.05, 0.1) is 0 Å². The van der Waals surface area contributed by atoms with Crippen molar-refractivity contribution in [3.63, 3.8) is 0 Å². The fourth-order valence-corrected chi connectivity index (χ4v) is 1.77. The molecule has 2 N–H and O–H groups in total. The minimum absolute atomic E-state index is 0.117. The van der Waals surface area contributed by atoms with Crippen molar-refractivity contribution < 1.29 is 4.79 Å². The molecule has 7 heteroatoms. The van der Waals surface area contributed by atoms with Crippen molar-refractivity contribution in [3.05, 3.63) is 45.2 Å². The fraction of sp³-hybridized carbons (Fsp3) is 0.364. The fourth-order valence-electron chi connectivity index (χ4n) is 1.77. The number of hydrogen-bond donors (Lipinski definition) is 2. The SMILES string of the molecule is CC(C(=O)C(C)n1ccc(=O)[nH]1)n1ccc(=O)[nH]1. The lowest BCUT2D eigenvalue weighted by molar-refractivity contribution is -0.125. The molecule has 0 spiro atoms. The van der Waals surface area contributed by atoms with E-state index in [1.807, 2.05) is 0 Å². The first-order chi connectivity index (χ1) is 8.49. The van der Waals surface area contributed by atoms with E-state index in [0.717, 1.165) is 0 Å². The zero-order valence-corrected chi connectivity index (χ0v) is 10.1. The Morgan fingerprint density at radius 2 is 1.39 bits per heavy atom. The summed E-state index contributed by atoms with van der Waals surface area (Å²) in [5.41, 5.74) is -0.506. The topological polar surface area (TPSA) is 92.7 Å². The number of hydrogen-bond acceptors (Lipinski definition) is 3. The lowest BCUT2D eigenvalue weighted by Gasteiger charge is -2.17. The smallest absolute Gasteiger partial charge is 0.264 e. The van der Waals surface area contributed by atoms with Crippen LogP contribution in [0.2, 0.25) is 0 Å². The van der Waals surface area contributed by atoms with Gasteiger partial charge in [0, 0.05) is 24.5 Å². The molecule has 2 heterocycles. The molecule has 2 unspecified atom stereocenters. The predicted molar refractivity (Wildman–Crippen MR) is 64.5 cm³/mol. The van der Waals surface area contributed by atoms with Crippen molar-refractivity contribution in [2.75, 3.05) is 0 Å². The van der Waals surface area contributed by atoms with Crippen molar-refractivity contribution in [1.29, 1.82) is 0 Å². The van der Waals surface area contributed by atoms with Gasteiger partial charge in [-0.15, -0.1) is 0 Å². The molecule has 0 amide bonds. The second-order valence-electron chi connectivity index (χ2n) is 4.15. The molecule has 0 aliphatic heterocycles. The predicted octanol–water partition coefficient (Wildman–Crippen LogP) is 0.0575. The third-order valence-corrected chi connectivity index (χ3v) is 2.91. The molecule has 2 rings (SSSR count). The Balaban J connectivity index is 2.21. The van der Waals surface area contributed by atoms with Gasteiger partial charge in [0.25, 0.3) is 11.1 Å². The number of rotatable bonds is 4. The molecule has 2 atom stereocenters. The summed E-state index contributed by atoms with van der Waals surface area (Å²) in [4.78, 5) is 34.2. The molecule has 0 radical (unpaired) electrons. The number of H-pyrrole nitrogens is 2. The first-order valence-corrected chi connectivity index (χ1v) is 5.57. The van der Waals surface area contributed by atoms with E-state index in [9.17, 15) is 14.4 Å². The van der Waals surface area contributed by atoms with Gasteiger partial charge in [0.2, 0.25) is 0 Å². The van der Waals surface area contributed by atoms with Crippen LogP contribution in [0.3, 0.4) is 0 Å². The van der Waals surface area contributed by atoms with Crippen molar-refractivity contribution >= 4 is 5.78 Å². The van der Waals surface area contributed by atoms with Crippen LogP contribution >= 0.6 is 0 Å². The van der Waals surface area contributed by atoms with Crippen LogP contribution < -0.4 is 11.1 Å². The van der Waals surface area contributed by atoms with E-state index in [2.05, 4.69) is 10.2 Å². The summed E-state index contributed by atoms with van der Waals surface area (Å²) in [6.07, 6.45) is 3.05. The molecule has 0 saturated heterocycles. The maximum atomic E-state index is 12.2. The van der Waals surface area contributed by atoms with E-state index in [1.54, 1.807) is 13.8 Å². The van der Waals surface area contributed by atoms with E-state index in [4.69, 9.17) is 0 Å². The van der Waals surface area contributed by atoms with Crippen LogP contribution in [0.1, 0.15) is 25.9 Å². The molecule has 2 aromatic heterocycles. The van der Waals surface area contributed by atoms with E-state index in [-0.39, 0.29) is 16.9 Å². The van der Waals surface area contributed by atoms with Crippen LogP contribution in [0.4, 0.5) is 0 Å². The Labute approximate surface area is 102 Å². The third-order valence-electron chi connectivity index (χ3n) is 2.91. The Morgan fingerprint density at radius 3 is 1.67 bits per heavy atom. The van der Waals surface area contributed by atoms with Gasteiger partial charge in [-0.25, -0.2) is 0 Å². The molecule has 18 heavy (non-hydrogen) atoms. The van der Waals surface area contributed by atoms with Crippen LogP contribution in [0.25, 0.3) is 0 Å². The maximum Gasteiger partial charge on any atom is 0.264 e. The quantitative estimate of drug-likeness (QED) is 0.803. The van der Waals surface area contributed by atoms with Gasteiger partial charge in [-0.1, -0.05) is 0 Å². The molecule has 7 nitrogen and oxygen atoms in total. The number of carbonyl (C=O) groups excluding carboxylic acids is 1. The minimum Gasteiger partial charge on any atom is -0.295 e. The number of aromatic nitrogens is 4. The minimum atomic E-state index is -0.506. The van der Waals surface area contributed by atoms with Gasteiger partial charge >= 0.3 is 0 Å². The summed E-state index contributed by atoms with van der Waals surface area (Å²) < 4.78 is 2.89. The Morgan fingerprint density at radius 1 is 1.00 bits per heavy atom. The Hall–Kier alpha value is -2.31. The van der Waals surface area contributed by atoms with Gasteiger partial charge in [-0.2, -0.15) is 0 Å². The monoisotopic (exact) mass is 250 g/mol. The molecule has 0 fully saturated rings. The molecular formula is C11H14N4O3. The van der Waals surface area contributed by atoms with Gasteiger partial charge in [-0.05, 0) is 13.8 Å². The highest BCUT2D eigenvalue weighted by molar-refractivity contribution is 5.85. The van der Waals surface area contributed by atoms with E-state index < -0.39 is 12.1 Å². The average molecular weight is 250 g/mol. The van der Waals surface area contributed by atoms with Crippen molar-refractivity contribution in [1.82, 2.24) is 19.6 Å². The highest BCUT2D eigenvalue weighted by atomic mass is 16.1. The molecule has 96 valence electrons. The maximum absolute atomic E-state index is 12.2. The van der Waals surface area contributed by atoms with E-state index in [0.29, 0.717) is 0 Å². The normalized spacial score (nSPS) is 14.3. The summed E-state index contributed by atoms with van der Waals surface area (Å²) in [6.45, 7) is 3.38. The zero-order valence-electron chi connectivity index (χ0n) is 10.1. The second-order valence-corrected chi connectivity index (χ2v) is 4.15. The molecular weight excluding hydrogens is 236 g/mol. The molecule has 0 aliphatic carbocycles. The van der Waals surface area contributed by atoms with Crippen LogP contribution in [0.15, 0.2) is 34.1 Å². The first-order valence-electron chi connectivity index (χ1n) is 5.57. The molecule has 0 saturated carbocycles. The van der Waals surface area contributed by atoms with E-state index in [1.165, 1.54) is 33.9 Å². The number of carbonyl (C=O) groups is 1. The van der Waals surface area contributed by atoms with Gasteiger partial charge < -0.3 is 0 Å². The highest BCUT2D eigenvalue weighted by Crippen LogP contribution is 2.14. The van der Waals surface area contributed by atoms with Crippen molar-refractivity contribution in [2.24, 2.45) is 0 Å². The Bertz CT molecular complexity index is 604. The molecule has 0 aliphatic rings. The second kappa shape index (κ2) is 4.52. The van der Waals surface area contributed by atoms with Crippen LogP contribution in [-0.2, 0) is 4.79 Å². The van der Waals surface area contributed by atoms with Gasteiger partial charge in [-0.3, -0.25) is 33.9 Å². The molecule has 0 aromatic carbocycles. The lowest BCUT2D eigenvalue weighted by atomic mass is 10.1. The van der Waals surface area contributed by atoms with Crippen LogP contribution in [0, 0.1) is 0 Å². The summed E-state index contributed by atoms with van der Waals surface area (Å²) in [6, 6.07) is 1.69. The van der Waals surface area contributed by atoms with Crippen LogP contribution in [0.5, 0.6) is 0 Å². The third kappa shape index (κ3) is 2.20. The van der Waals surface area contributed by atoms with Crippen molar-refractivity contribution in [3.8, 4) is 0 Å². The lowest BCUT2D eigenvalue weighted by Crippen LogP contribution is -2.27. The average Bonchev–Trinajstić information content (AvgIpc) is 2.95. The largest absolute Gasteiger partial charge is 0.295 e. The zero-order chi connectivity index (χ0) is 13.3. The molecule has 2 aromatic rings. The van der Waals surface area contributed by atoms with E-state index >= 15 is 0 Å². The summed E-state index contributed by atoms with van der Waals surface area (Å²) >= 11 is 0. The Kier molecular flexibility index (Phi) is 3.05. The number of Topliss-reactive ketones (excluding diaryl/α,β-unsaturated/α-hetero) is 1. The van der Waals surface area contributed by atoms with Gasteiger partial charge in [0.15, 0.2) is 5.78 Å². The standard InChI is InChI=1S/C11H14N4O3/c1-7(14-5-3-9(16)12-14)11(18)8(2)15-6-4-10(17)13-15/h3-8H,1-2H3,(H,12,16)(H,13,17). The van der Waals surface area contributed by atoms with Gasteiger partial charge in [0.1, 0.15) is 12.1 Å². The summed E-state index contributed by atoms with van der Waals surface area (Å²) in [7, 11) is 0. The van der Waals surface area contributed by atoms with Crippen LogP contribution in [-0.4, -0.2) is 25.3 Å². The highest BCUT2D eigenvalue weighted by Gasteiger charge is 2.22. The number of nitrogens with one attached hydrogen (secondary N) is 2. The number of nitrogens with zero attached hydrogens (tertiary/aromatic N) is 2. The molecule has 0 bridgehead atoms. The number of aromatic amines is 2. The summed E-state index contributed by atoms with van der Waals surface area (Å²) in [5, 5.41) is 5.05. The first kappa shape index (κ1) is 12.2. The summed E-state index contributed by atoms with van der Waals surface area (Å²) in [5.74, 6) is -0.117. The number of ketones is 1.